The number of fused-ring (bicyclic) bond motifs is 11. The second-order valence-electron chi connectivity index (χ2n) is 14.1. The molecule has 0 saturated heterocycles. The molecule has 4 heterocycles. The third-order valence-corrected chi connectivity index (χ3v) is 12.2. The van der Waals surface area contributed by atoms with Crippen LogP contribution in [0.2, 0.25) is 0 Å². The number of hydrogen-bond acceptors (Lipinski definition) is 4. The Bertz CT molecular complexity index is 3500. The summed E-state index contributed by atoms with van der Waals surface area (Å²) in [5.74, 6) is 0.687. The minimum atomic E-state index is 0.687. The van der Waals surface area contributed by atoms with E-state index in [-0.39, 0.29) is 0 Å². The summed E-state index contributed by atoms with van der Waals surface area (Å²) in [7, 11) is 0. The second-order valence-corrected chi connectivity index (χ2v) is 15.2. The van der Waals surface area contributed by atoms with Gasteiger partial charge in [-0.25, -0.2) is 9.97 Å². The van der Waals surface area contributed by atoms with Crippen molar-refractivity contribution in [2.75, 3.05) is 0 Å². The monoisotopic (exact) mass is 719 g/mol. The first-order valence-electron chi connectivity index (χ1n) is 18.5. The number of thiophene rings is 1. The molecule has 0 aliphatic heterocycles. The smallest absolute Gasteiger partial charge is 0.160 e. The zero-order valence-electron chi connectivity index (χ0n) is 29.4. The minimum Gasteiger partial charge on any atom is -0.456 e. The van der Waals surface area contributed by atoms with Crippen LogP contribution < -0.4 is 0 Å². The van der Waals surface area contributed by atoms with Crippen LogP contribution in [0.5, 0.6) is 0 Å². The zero-order chi connectivity index (χ0) is 36.0. The number of aromatic nitrogens is 3. The van der Waals surface area contributed by atoms with Gasteiger partial charge >= 0.3 is 0 Å². The third kappa shape index (κ3) is 4.64. The second kappa shape index (κ2) is 11.7. The zero-order valence-corrected chi connectivity index (χ0v) is 30.2. The molecule has 5 heteroatoms. The van der Waals surface area contributed by atoms with Crippen LogP contribution in [-0.2, 0) is 0 Å². The van der Waals surface area contributed by atoms with Gasteiger partial charge in [0.15, 0.2) is 5.82 Å². The van der Waals surface area contributed by atoms with E-state index < -0.39 is 0 Å². The van der Waals surface area contributed by atoms with E-state index in [4.69, 9.17) is 14.4 Å². The normalized spacial score (nSPS) is 12.0. The van der Waals surface area contributed by atoms with Gasteiger partial charge < -0.3 is 8.98 Å². The molecule has 12 aromatic rings. The van der Waals surface area contributed by atoms with E-state index in [2.05, 4.69) is 162 Å². The van der Waals surface area contributed by atoms with Crippen LogP contribution in [0.3, 0.4) is 0 Å². The van der Waals surface area contributed by atoms with E-state index in [0.29, 0.717) is 5.82 Å². The predicted molar refractivity (Wildman–Crippen MR) is 230 cm³/mol. The van der Waals surface area contributed by atoms with Crippen molar-refractivity contribution in [2.24, 2.45) is 0 Å². The van der Waals surface area contributed by atoms with Crippen molar-refractivity contribution in [3.63, 3.8) is 0 Å². The molecular formula is C50H29N3OS. The molecule has 0 atom stereocenters. The van der Waals surface area contributed by atoms with Crippen LogP contribution in [0.4, 0.5) is 0 Å². The van der Waals surface area contributed by atoms with Gasteiger partial charge in [-0.1, -0.05) is 127 Å². The Kier molecular flexibility index (Phi) is 6.47. The Morgan fingerprint density at radius 3 is 2.16 bits per heavy atom. The van der Waals surface area contributed by atoms with Gasteiger partial charge in [0.25, 0.3) is 0 Å². The molecule has 0 aliphatic rings. The molecule has 0 fully saturated rings. The predicted octanol–water partition coefficient (Wildman–Crippen LogP) is 14.0. The molecule has 4 nitrogen and oxygen atoms in total. The summed E-state index contributed by atoms with van der Waals surface area (Å²) >= 11 is 1.87. The highest BCUT2D eigenvalue weighted by atomic mass is 32.1. The van der Waals surface area contributed by atoms with Gasteiger partial charge in [-0.2, -0.15) is 0 Å². The van der Waals surface area contributed by atoms with Crippen molar-refractivity contribution in [2.45, 2.75) is 0 Å². The SMILES string of the molecule is c1ccc(-c2nc(-c3ccc4ccccc4c3)cc(-c3cccc4oc5cc(-n6c7ccccc7c7ccc8c9ccccc9sc8c76)ccc5c34)n2)cc1. The number of para-hydroxylation sites is 1. The summed E-state index contributed by atoms with van der Waals surface area (Å²) in [6, 6.07) is 62.3. The summed E-state index contributed by atoms with van der Waals surface area (Å²) in [6.45, 7) is 0. The molecule has 0 aliphatic carbocycles. The number of benzene rings is 8. The van der Waals surface area contributed by atoms with E-state index in [1.54, 1.807) is 0 Å². The molecule has 0 saturated carbocycles. The van der Waals surface area contributed by atoms with Gasteiger partial charge in [0, 0.05) is 65.5 Å². The number of rotatable bonds is 4. The first-order valence-corrected chi connectivity index (χ1v) is 19.3. The number of hydrogen-bond donors (Lipinski definition) is 0. The standard InChI is InChI=1S/C50H29N3OS/c1-2-12-31(13-3-1)50-51-41(33-22-21-30-11-4-5-14-32(30)27-33)29-42(52-50)39-17-10-19-44-47(39)40-24-23-34(28-45(40)54-44)53-43-18-8-6-15-35(43)37-25-26-38-36-16-7-9-20-46(36)55-49(38)48(37)53/h1-29H. The average molecular weight is 720 g/mol. The molecule has 0 spiro atoms. The van der Waals surface area contributed by atoms with Crippen LogP contribution in [-0.4, -0.2) is 14.5 Å². The van der Waals surface area contributed by atoms with Crippen molar-refractivity contribution in [3.05, 3.63) is 176 Å². The molecule has 256 valence electrons. The molecule has 0 amide bonds. The highest BCUT2D eigenvalue weighted by molar-refractivity contribution is 7.26. The quantitative estimate of drug-likeness (QED) is 0.182. The molecule has 4 aromatic heterocycles. The number of nitrogens with zero attached hydrogens (tertiary/aromatic N) is 3. The van der Waals surface area contributed by atoms with E-state index in [1.807, 2.05) is 29.5 Å². The molecular weight excluding hydrogens is 691 g/mol. The molecule has 55 heavy (non-hydrogen) atoms. The van der Waals surface area contributed by atoms with Crippen LogP contribution in [0.15, 0.2) is 180 Å². The maximum absolute atomic E-state index is 6.74. The minimum absolute atomic E-state index is 0.687. The largest absolute Gasteiger partial charge is 0.456 e. The summed E-state index contributed by atoms with van der Waals surface area (Å²) in [5.41, 5.74) is 9.88. The van der Waals surface area contributed by atoms with E-state index in [0.717, 1.165) is 55.7 Å². The van der Waals surface area contributed by atoms with Crippen molar-refractivity contribution in [1.29, 1.82) is 0 Å². The van der Waals surface area contributed by atoms with Crippen LogP contribution in [0.25, 0.3) is 114 Å². The molecule has 0 bridgehead atoms. The first-order chi connectivity index (χ1) is 27.2. The third-order valence-electron chi connectivity index (χ3n) is 11.0. The first kappa shape index (κ1) is 30.4. The lowest BCUT2D eigenvalue weighted by Gasteiger charge is -2.11. The Morgan fingerprint density at radius 1 is 0.473 bits per heavy atom. The topological polar surface area (TPSA) is 43.9 Å². The summed E-state index contributed by atoms with van der Waals surface area (Å²) in [6.07, 6.45) is 0. The lowest BCUT2D eigenvalue weighted by Crippen LogP contribution is -1.96. The molecule has 0 unspecified atom stereocenters. The maximum Gasteiger partial charge on any atom is 0.160 e. The fraction of sp³-hybridized carbons (Fsp3) is 0. The molecule has 0 N–H and O–H groups in total. The Balaban J connectivity index is 1.08. The fourth-order valence-corrected chi connectivity index (χ4v) is 9.70. The van der Waals surface area contributed by atoms with Crippen LogP contribution in [0.1, 0.15) is 0 Å². The Hall–Kier alpha value is -7.08. The van der Waals surface area contributed by atoms with E-state index in [9.17, 15) is 0 Å². The van der Waals surface area contributed by atoms with Gasteiger partial charge in [-0.05, 0) is 53.2 Å². The van der Waals surface area contributed by atoms with Gasteiger partial charge in [0.1, 0.15) is 11.2 Å². The molecule has 0 radical (unpaired) electrons. The number of furan rings is 1. The Morgan fingerprint density at radius 2 is 1.24 bits per heavy atom. The van der Waals surface area contributed by atoms with Crippen molar-refractivity contribution in [1.82, 2.24) is 14.5 Å². The lowest BCUT2D eigenvalue weighted by atomic mass is 10.00. The summed E-state index contributed by atoms with van der Waals surface area (Å²) < 4.78 is 11.7. The Labute approximate surface area is 319 Å². The summed E-state index contributed by atoms with van der Waals surface area (Å²) in [5, 5.41) is 9.55. The van der Waals surface area contributed by atoms with Crippen molar-refractivity contribution >= 4 is 86.0 Å². The maximum atomic E-state index is 6.74. The van der Waals surface area contributed by atoms with E-state index >= 15 is 0 Å². The van der Waals surface area contributed by atoms with Gasteiger partial charge in [0.2, 0.25) is 0 Å². The van der Waals surface area contributed by atoms with Gasteiger partial charge in [-0.3, -0.25) is 0 Å². The van der Waals surface area contributed by atoms with Gasteiger partial charge in [-0.15, -0.1) is 11.3 Å². The van der Waals surface area contributed by atoms with Crippen LogP contribution >= 0.6 is 11.3 Å². The van der Waals surface area contributed by atoms with E-state index in [1.165, 1.54) is 52.8 Å². The molecule has 12 rings (SSSR count). The highest BCUT2D eigenvalue weighted by Crippen LogP contribution is 2.44. The highest BCUT2D eigenvalue weighted by Gasteiger charge is 2.20. The summed E-state index contributed by atoms with van der Waals surface area (Å²) in [4.78, 5) is 10.3. The van der Waals surface area contributed by atoms with Gasteiger partial charge in [0.05, 0.1) is 27.1 Å². The average Bonchev–Trinajstić information content (AvgIpc) is 3.93. The van der Waals surface area contributed by atoms with Crippen molar-refractivity contribution < 1.29 is 4.42 Å². The lowest BCUT2D eigenvalue weighted by molar-refractivity contribution is 0.668. The fourth-order valence-electron chi connectivity index (χ4n) is 8.46. The van der Waals surface area contributed by atoms with Crippen molar-refractivity contribution in [3.8, 4) is 39.6 Å². The van der Waals surface area contributed by atoms with Crippen LogP contribution in [0, 0.1) is 0 Å². The molecule has 8 aromatic carbocycles.